The summed E-state index contributed by atoms with van der Waals surface area (Å²) in [7, 11) is 0. The molecule has 0 bridgehead atoms. The molecule has 0 aliphatic carbocycles. The van der Waals surface area contributed by atoms with Gasteiger partial charge in [-0.1, -0.05) is 11.6 Å². The zero-order chi connectivity index (χ0) is 23.8. The molecule has 0 unspecified atom stereocenters. The van der Waals surface area contributed by atoms with Gasteiger partial charge in [-0.25, -0.2) is 0 Å². The van der Waals surface area contributed by atoms with Crippen molar-refractivity contribution in [2.24, 2.45) is 0 Å². The number of nitrogens with zero attached hydrogens (tertiary/aromatic N) is 3. The van der Waals surface area contributed by atoms with Crippen LogP contribution in [-0.2, 0) is 4.74 Å². The number of hydrogen-bond donors (Lipinski definition) is 0. The highest BCUT2D eigenvalue weighted by Gasteiger charge is 2.42. The number of nitro groups is 1. The summed E-state index contributed by atoms with van der Waals surface area (Å²) in [6.07, 6.45) is 0.718. The summed E-state index contributed by atoms with van der Waals surface area (Å²) in [6, 6.07) is 10.7. The third-order valence-corrected chi connectivity index (χ3v) is 6.52. The van der Waals surface area contributed by atoms with Crippen LogP contribution in [0, 0.1) is 17.0 Å². The van der Waals surface area contributed by atoms with E-state index in [4.69, 9.17) is 9.15 Å². The average molecular weight is 463 g/mol. The van der Waals surface area contributed by atoms with Gasteiger partial charge in [0.05, 0.1) is 35.1 Å². The minimum Gasteiger partial charge on any atom is -0.450 e. The first-order valence-corrected chi connectivity index (χ1v) is 11.4. The fourth-order valence-electron chi connectivity index (χ4n) is 4.78. The number of hydrogen-bond acceptors (Lipinski definition) is 7. The molecule has 1 aromatic heterocycles. The minimum atomic E-state index is -0.658. The normalized spacial score (nSPS) is 18.4. The van der Waals surface area contributed by atoms with Crippen LogP contribution in [0.15, 0.2) is 51.7 Å². The lowest BCUT2D eigenvalue weighted by atomic mass is 9.98. The summed E-state index contributed by atoms with van der Waals surface area (Å²) in [5, 5.41) is 11.6. The minimum absolute atomic E-state index is 0.0478. The lowest BCUT2D eigenvalue weighted by Crippen LogP contribution is -2.38. The van der Waals surface area contributed by atoms with Gasteiger partial charge >= 0.3 is 0 Å². The maximum absolute atomic E-state index is 13.6. The van der Waals surface area contributed by atoms with Gasteiger partial charge in [-0.3, -0.25) is 24.6 Å². The molecule has 0 N–H and O–H groups in total. The number of carbonyl (C=O) groups excluding carboxylic acids is 1. The monoisotopic (exact) mass is 463 g/mol. The SMILES string of the molecule is Cc1ccc2oc3c(c(=O)c2c1)[C@H](c1ccc([N+](=O)[O-])cc1)N(CCCN1CCOCC1)C3=O. The van der Waals surface area contributed by atoms with E-state index in [0.29, 0.717) is 41.9 Å². The van der Waals surface area contributed by atoms with Crippen molar-refractivity contribution in [2.75, 3.05) is 39.4 Å². The van der Waals surface area contributed by atoms with E-state index in [1.807, 2.05) is 13.0 Å². The number of morpholine rings is 1. The molecule has 1 atom stereocenters. The molecule has 0 radical (unpaired) electrons. The fraction of sp³-hybridized carbons (Fsp3) is 0.360. The summed E-state index contributed by atoms with van der Waals surface area (Å²) in [4.78, 5) is 41.6. The maximum Gasteiger partial charge on any atom is 0.290 e. The number of ether oxygens (including phenoxy) is 1. The zero-order valence-electron chi connectivity index (χ0n) is 18.9. The number of benzene rings is 2. The molecule has 9 nitrogen and oxygen atoms in total. The number of nitro benzene ring substituents is 1. The van der Waals surface area contributed by atoms with E-state index in [2.05, 4.69) is 4.90 Å². The van der Waals surface area contributed by atoms with Crippen LogP contribution in [0.1, 0.15) is 39.7 Å². The van der Waals surface area contributed by atoms with Crippen molar-refractivity contribution in [3.05, 3.63) is 85.3 Å². The van der Waals surface area contributed by atoms with Crippen molar-refractivity contribution < 1.29 is 18.9 Å². The number of fused-ring (bicyclic) bond motifs is 2. The Hall–Kier alpha value is -3.56. The van der Waals surface area contributed by atoms with E-state index in [0.717, 1.165) is 31.6 Å². The molecule has 176 valence electrons. The van der Waals surface area contributed by atoms with Gasteiger partial charge in [0.2, 0.25) is 5.76 Å². The summed E-state index contributed by atoms with van der Waals surface area (Å²) in [6.45, 7) is 6.22. The third kappa shape index (κ3) is 3.97. The van der Waals surface area contributed by atoms with Gasteiger partial charge in [0, 0.05) is 38.3 Å². The molecule has 1 amide bonds. The largest absolute Gasteiger partial charge is 0.450 e. The molecule has 2 aliphatic heterocycles. The molecule has 2 aromatic carbocycles. The first kappa shape index (κ1) is 22.2. The number of aryl methyl sites for hydroxylation is 1. The number of carbonyl (C=O) groups is 1. The van der Waals surface area contributed by atoms with Crippen LogP contribution in [0.3, 0.4) is 0 Å². The second-order valence-corrected chi connectivity index (χ2v) is 8.73. The van der Waals surface area contributed by atoms with Crippen molar-refractivity contribution in [2.45, 2.75) is 19.4 Å². The van der Waals surface area contributed by atoms with Gasteiger partial charge in [0.25, 0.3) is 11.6 Å². The van der Waals surface area contributed by atoms with Crippen LogP contribution in [-0.4, -0.2) is 60.0 Å². The molecular formula is C25H25N3O6. The van der Waals surface area contributed by atoms with Crippen LogP contribution in [0.2, 0.25) is 0 Å². The first-order valence-electron chi connectivity index (χ1n) is 11.4. The van der Waals surface area contributed by atoms with Gasteiger partial charge in [-0.05, 0) is 43.2 Å². The van der Waals surface area contributed by atoms with Crippen molar-refractivity contribution in [3.8, 4) is 0 Å². The Kier molecular flexibility index (Phi) is 5.89. The second-order valence-electron chi connectivity index (χ2n) is 8.73. The zero-order valence-corrected chi connectivity index (χ0v) is 18.9. The highest BCUT2D eigenvalue weighted by molar-refractivity contribution is 5.99. The van der Waals surface area contributed by atoms with E-state index in [1.165, 1.54) is 12.1 Å². The maximum atomic E-state index is 13.6. The summed E-state index contributed by atoms with van der Waals surface area (Å²) < 4.78 is 11.4. The van der Waals surface area contributed by atoms with Crippen LogP contribution in [0.25, 0.3) is 11.0 Å². The van der Waals surface area contributed by atoms with Crippen molar-refractivity contribution in [3.63, 3.8) is 0 Å². The van der Waals surface area contributed by atoms with Crippen molar-refractivity contribution in [1.82, 2.24) is 9.80 Å². The quantitative estimate of drug-likeness (QED) is 0.408. The van der Waals surface area contributed by atoms with E-state index < -0.39 is 11.0 Å². The molecule has 0 spiro atoms. The van der Waals surface area contributed by atoms with Gasteiger partial charge < -0.3 is 14.1 Å². The Balaban J connectivity index is 1.54. The molecule has 1 fully saturated rings. The Labute approximate surface area is 195 Å². The van der Waals surface area contributed by atoms with E-state index in [1.54, 1.807) is 29.2 Å². The molecule has 3 aromatic rings. The van der Waals surface area contributed by atoms with E-state index in [-0.39, 0.29) is 22.8 Å². The molecule has 9 heteroatoms. The van der Waals surface area contributed by atoms with Gasteiger partial charge in [0.15, 0.2) is 5.43 Å². The Morgan fingerprint density at radius 1 is 1.06 bits per heavy atom. The smallest absolute Gasteiger partial charge is 0.290 e. The standard InChI is InChI=1S/C25H25N3O6/c1-16-3-8-20-19(15-16)23(29)21-22(17-4-6-18(7-5-17)28(31)32)27(25(30)24(21)34-20)10-2-9-26-11-13-33-14-12-26/h3-8,15,22H,2,9-14H2,1H3/t22-/m0/s1. The Morgan fingerprint density at radius 2 is 1.79 bits per heavy atom. The van der Waals surface area contributed by atoms with Gasteiger partial charge in [-0.2, -0.15) is 0 Å². The van der Waals surface area contributed by atoms with Crippen LogP contribution in [0.5, 0.6) is 0 Å². The number of non-ortho nitro benzene ring substituents is 1. The highest BCUT2D eigenvalue weighted by atomic mass is 16.6. The third-order valence-electron chi connectivity index (χ3n) is 6.52. The van der Waals surface area contributed by atoms with Gasteiger partial charge in [-0.15, -0.1) is 0 Å². The lowest BCUT2D eigenvalue weighted by Gasteiger charge is -2.29. The number of rotatable bonds is 6. The molecule has 3 heterocycles. The van der Waals surface area contributed by atoms with Crippen LogP contribution < -0.4 is 5.43 Å². The van der Waals surface area contributed by atoms with E-state index in [9.17, 15) is 19.7 Å². The van der Waals surface area contributed by atoms with E-state index >= 15 is 0 Å². The van der Waals surface area contributed by atoms with Crippen LogP contribution in [0.4, 0.5) is 5.69 Å². The van der Waals surface area contributed by atoms with Gasteiger partial charge in [0.1, 0.15) is 5.58 Å². The van der Waals surface area contributed by atoms with Crippen LogP contribution >= 0.6 is 0 Å². The first-order chi connectivity index (χ1) is 16.4. The molecule has 1 saturated heterocycles. The molecule has 0 saturated carbocycles. The molecule has 34 heavy (non-hydrogen) atoms. The Morgan fingerprint density at radius 3 is 2.50 bits per heavy atom. The Bertz CT molecular complexity index is 1310. The predicted octanol–water partition coefficient (Wildman–Crippen LogP) is 3.28. The molecular weight excluding hydrogens is 438 g/mol. The summed E-state index contributed by atoms with van der Waals surface area (Å²) in [5.74, 6) is -0.281. The summed E-state index contributed by atoms with van der Waals surface area (Å²) >= 11 is 0. The second kappa shape index (κ2) is 9.00. The predicted molar refractivity (Wildman–Crippen MR) is 125 cm³/mol. The molecule has 2 aliphatic rings. The number of amides is 1. The average Bonchev–Trinajstić information content (AvgIpc) is 3.12. The summed E-state index contributed by atoms with van der Waals surface area (Å²) in [5.41, 5.74) is 1.94. The molecule has 5 rings (SSSR count). The highest BCUT2D eigenvalue weighted by Crippen LogP contribution is 2.38. The topological polar surface area (TPSA) is 106 Å². The van der Waals surface area contributed by atoms with Crippen molar-refractivity contribution in [1.29, 1.82) is 0 Å². The lowest BCUT2D eigenvalue weighted by molar-refractivity contribution is -0.384. The van der Waals surface area contributed by atoms with Crippen molar-refractivity contribution >= 4 is 22.6 Å². The fourth-order valence-corrected chi connectivity index (χ4v) is 4.78.